The third-order valence-electron chi connectivity index (χ3n) is 5.02. The van der Waals surface area contributed by atoms with Gasteiger partial charge in [0.2, 0.25) is 0 Å². The van der Waals surface area contributed by atoms with Crippen LogP contribution in [0.4, 0.5) is 4.79 Å². The molecule has 2 heterocycles. The molecule has 0 aromatic rings. The molecular formula is C15H24N2O4. The number of rotatable bonds is 3. The number of amides is 2. The van der Waals surface area contributed by atoms with Crippen molar-refractivity contribution in [3.63, 3.8) is 0 Å². The summed E-state index contributed by atoms with van der Waals surface area (Å²) < 4.78 is 5.74. The van der Waals surface area contributed by atoms with E-state index in [0.29, 0.717) is 25.3 Å². The van der Waals surface area contributed by atoms with Gasteiger partial charge in [0.25, 0.3) is 0 Å². The molecular weight excluding hydrogens is 272 g/mol. The number of carbonyl (C=O) groups excluding carboxylic acids is 1. The molecule has 4 atom stereocenters. The summed E-state index contributed by atoms with van der Waals surface area (Å²) in [6.07, 6.45) is 4.55. The molecule has 3 aliphatic rings. The number of carboxylic acids is 1. The van der Waals surface area contributed by atoms with E-state index in [1.165, 1.54) is 12.8 Å². The second-order valence-electron chi connectivity index (χ2n) is 6.62. The van der Waals surface area contributed by atoms with Crippen molar-refractivity contribution in [1.82, 2.24) is 10.2 Å². The maximum atomic E-state index is 12.4. The molecule has 4 unspecified atom stereocenters. The number of piperidine rings is 1. The second kappa shape index (κ2) is 5.83. The van der Waals surface area contributed by atoms with Crippen molar-refractivity contribution in [3.8, 4) is 0 Å². The minimum Gasteiger partial charge on any atom is -0.481 e. The Morgan fingerprint density at radius 2 is 2.00 bits per heavy atom. The molecule has 1 aliphatic carbocycles. The number of nitrogens with zero attached hydrogens (tertiary/aromatic N) is 1. The van der Waals surface area contributed by atoms with Crippen molar-refractivity contribution in [1.29, 1.82) is 0 Å². The van der Waals surface area contributed by atoms with Crippen molar-refractivity contribution < 1.29 is 19.4 Å². The van der Waals surface area contributed by atoms with Crippen molar-refractivity contribution in [2.45, 2.75) is 57.2 Å². The number of urea groups is 1. The highest BCUT2D eigenvalue weighted by Crippen LogP contribution is 2.38. The van der Waals surface area contributed by atoms with Gasteiger partial charge in [-0.15, -0.1) is 0 Å². The molecule has 0 aromatic carbocycles. The minimum atomic E-state index is -0.750. The van der Waals surface area contributed by atoms with Gasteiger partial charge in [-0.2, -0.15) is 0 Å². The lowest BCUT2D eigenvalue weighted by Gasteiger charge is -2.37. The van der Waals surface area contributed by atoms with Crippen LogP contribution in [0.15, 0.2) is 0 Å². The summed E-state index contributed by atoms with van der Waals surface area (Å²) in [6, 6.07) is 0.0310. The van der Waals surface area contributed by atoms with E-state index in [2.05, 4.69) is 5.32 Å². The van der Waals surface area contributed by atoms with Crippen LogP contribution >= 0.6 is 0 Å². The lowest BCUT2D eigenvalue weighted by Crippen LogP contribution is -2.53. The van der Waals surface area contributed by atoms with Gasteiger partial charge in [0, 0.05) is 19.2 Å². The number of hydrogen-bond acceptors (Lipinski definition) is 3. The number of hydrogen-bond donors (Lipinski definition) is 2. The Hall–Kier alpha value is -1.30. The van der Waals surface area contributed by atoms with Gasteiger partial charge < -0.3 is 20.1 Å². The van der Waals surface area contributed by atoms with Gasteiger partial charge in [-0.3, -0.25) is 4.79 Å². The summed E-state index contributed by atoms with van der Waals surface area (Å²) in [6.45, 7) is 3.17. The topological polar surface area (TPSA) is 78.9 Å². The third kappa shape index (κ3) is 3.15. The molecule has 2 saturated heterocycles. The van der Waals surface area contributed by atoms with Crippen LogP contribution in [0.3, 0.4) is 0 Å². The van der Waals surface area contributed by atoms with E-state index in [1.807, 2.05) is 6.92 Å². The smallest absolute Gasteiger partial charge is 0.317 e. The normalized spacial score (nSPS) is 36.5. The van der Waals surface area contributed by atoms with Crippen molar-refractivity contribution in [3.05, 3.63) is 0 Å². The third-order valence-corrected chi connectivity index (χ3v) is 5.02. The van der Waals surface area contributed by atoms with E-state index in [4.69, 9.17) is 9.84 Å². The molecule has 21 heavy (non-hydrogen) atoms. The first-order valence-electron chi connectivity index (χ1n) is 7.98. The zero-order valence-electron chi connectivity index (χ0n) is 12.5. The van der Waals surface area contributed by atoms with Gasteiger partial charge in [-0.05, 0) is 44.9 Å². The molecule has 118 valence electrons. The van der Waals surface area contributed by atoms with Gasteiger partial charge in [0.05, 0.1) is 18.1 Å². The fourth-order valence-corrected chi connectivity index (χ4v) is 3.59. The highest BCUT2D eigenvalue weighted by Gasteiger charge is 2.42. The molecule has 6 heteroatoms. The standard InChI is InChI=1S/C15H24N2O4/c1-9-8-11(14(18)19)4-6-17(9)15(20)16-12-5-7-21-13(12)10-2-3-10/h9-13H,2-8H2,1H3,(H,16,20)(H,18,19). The van der Waals surface area contributed by atoms with E-state index in [-0.39, 0.29) is 30.1 Å². The summed E-state index contributed by atoms with van der Waals surface area (Å²) in [7, 11) is 0. The Morgan fingerprint density at radius 1 is 1.24 bits per heavy atom. The molecule has 0 bridgehead atoms. The Kier molecular flexibility index (Phi) is 4.06. The molecule has 2 aliphatic heterocycles. The highest BCUT2D eigenvalue weighted by atomic mass is 16.5. The average Bonchev–Trinajstić information content (AvgIpc) is 3.19. The number of aliphatic carboxylic acids is 1. The maximum Gasteiger partial charge on any atom is 0.317 e. The van der Waals surface area contributed by atoms with E-state index in [0.717, 1.165) is 13.0 Å². The van der Waals surface area contributed by atoms with Crippen molar-refractivity contribution in [2.24, 2.45) is 11.8 Å². The molecule has 0 aromatic heterocycles. The summed E-state index contributed by atoms with van der Waals surface area (Å²) in [5.41, 5.74) is 0. The molecule has 0 spiro atoms. The van der Waals surface area contributed by atoms with Crippen LogP contribution in [-0.2, 0) is 9.53 Å². The molecule has 6 nitrogen and oxygen atoms in total. The van der Waals surface area contributed by atoms with Gasteiger partial charge in [0.1, 0.15) is 0 Å². The van der Waals surface area contributed by atoms with Crippen LogP contribution < -0.4 is 5.32 Å². The number of carboxylic acid groups (broad SMARTS) is 1. The lowest BCUT2D eigenvalue weighted by molar-refractivity contribution is -0.143. The lowest BCUT2D eigenvalue weighted by atomic mass is 9.92. The molecule has 2 amide bonds. The number of nitrogens with one attached hydrogen (secondary N) is 1. The summed E-state index contributed by atoms with van der Waals surface area (Å²) in [5, 5.41) is 12.2. The van der Waals surface area contributed by atoms with Gasteiger partial charge in [-0.1, -0.05) is 0 Å². The van der Waals surface area contributed by atoms with Crippen LogP contribution in [0.5, 0.6) is 0 Å². The zero-order valence-corrected chi connectivity index (χ0v) is 12.5. The van der Waals surface area contributed by atoms with E-state index in [9.17, 15) is 9.59 Å². The quantitative estimate of drug-likeness (QED) is 0.826. The van der Waals surface area contributed by atoms with E-state index in [1.54, 1.807) is 4.90 Å². The molecule has 3 fully saturated rings. The second-order valence-corrected chi connectivity index (χ2v) is 6.62. The van der Waals surface area contributed by atoms with Gasteiger partial charge in [-0.25, -0.2) is 4.79 Å². The number of likely N-dealkylation sites (tertiary alicyclic amines) is 1. The van der Waals surface area contributed by atoms with Crippen molar-refractivity contribution in [2.75, 3.05) is 13.2 Å². The zero-order chi connectivity index (χ0) is 15.0. The first-order chi connectivity index (χ1) is 10.1. The summed E-state index contributed by atoms with van der Waals surface area (Å²) in [4.78, 5) is 25.3. The predicted octanol–water partition coefficient (Wildman–Crippen LogP) is 1.45. The fraction of sp³-hybridized carbons (Fsp3) is 0.867. The molecule has 2 N–H and O–H groups in total. The van der Waals surface area contributed by atoms with E-state index < -0.39 is 5.97 Å². The van der Waals surface area contributed by atoms with Crippen LogP contribution in [0.1, 0.15) is 39.0 Å². The SMILES string of the molecule is CC1CC(C(=O)O)CCN1C(=O)NC1CCOC1C1CC1. The number of carbonyl (C=O) groups is 2. The van der Waals surface area contributed by atoms with Gasteiger partial charge in [0.15, 0.2) is 0 Å². The Labute approximate surface area is 124 Å². The summed E-state index contributed by atoms with van der Waals surface area (Å²) in [5.74, 6) is -0.453. The summed E-state index contributed by atoms with van der Waals surface area (Å²) >= 11 is 0. The van der Waals surface area contributed by atoms with Crippen LogP contribution in [-0.4, -0.2) is 53.3 Å². The van der Waals surface area contributed by atoms with Gasteiger partial charge >= 0.3 is 12.0 Å². The first-order valence-corrected chi connectivity index (χ1v) is 7.98. The largest absolute Gasteiger partial charge is 0.481 e. The Balaban J connectivity index is 1.54. The monoisotopic (exact) mass is 296 g/mol. The Morgan fingerprint density at radius 3 is 2.62 bits per heavy atom. The maximum absolute atomic E-state index is 12.4. The predicted molar refractivity (Wildman–Crippen MR) is 75.9 cm³/mol. The number of ether oxygens (including phenoxy) is 1. The van der Waals surface area contributed by atoms with E-state index >= 15 is 0 Å². The van der Waals surface area contributed by atoms with Crippen LogP contribution in [0, 0.1) is 11.8 Å². The average molecular weight is 296 g/mol. The fourth-order valence-electron chi connectivity index (χ4n) is 3.59. The Bertz CT molecular complexity index is 424. The minimum absolute atomic E-state index is 0.0263. The highest BCUT2D eigenvalue weighted by molar-refractivity contribution is 5.76. The van der Waals surface area contributed by atoms with Crippen LogP contribution in [0.2, 0.25) is 0 Å². The van der Waals surface area contributed by atoms with Crippen LogP contribution in [0.25, 0.3) is 0 Å². The molecule has 3 rings (SSSR count). The van der Waals surface area contributed by atoms with Crippen molar-refractivity contribution >= 4 is 12.0 Å². The molecule has 1 saturated carbocycles. The first kappa shape index (κ1) is 14.6. The molecule has 0 radical (unpaired) electrons.